The zero-order valence-electron chi connectivity index (χ0n) is 23.7. The van der Waals surface area contributed by atoms with Gasteiger partial charge in [-0.15, -0.1) is 0 Å². The number of benzene rings is 2. The van der Waals surface area contributed by atoms with Gasteiger partial charge in [-0.2, -0.15) is 0 Å². The van der Waals surface area contributed by atoms with Gasteiger partial charge in [-0.1, -0.05) is 26.0 Å². The highest BCUT2D eigenvalue weighted by Gasteiger charge is 2.69. The van der Waals surface area contributed by atoms with Crippen LogP contribution < -0.4 is 18.9 Å². The normalized spacial score (nSPS) is 37.0. The first kappa shape index (κ1) is 27.3. The van der Waals surface area contributed by atoms with Crippen molar-refractivity contribution in [3.05, 3.63) is 48.5 Å². The summed E-state index contributed by atoms with van der Waals surface area (Å²) < 4.78 is 35.8. The van der Waals surface area contributed by atoms with Crippen LogP contribution in [0.15, 0.2) is 48.5 Å². The Bertz CT molecular complexity index is 1220. The fourth-order valence-corrected chi connectivity index (χ4v) is 6.88. The highest BCUT2D eigenvalue weighted by Crippen LogP contribution is 2.60. The van der Waals surface area contributed by atoms with Crippen molar-refractivity contribution < 1.29 is 43.0 Å². The van der Waals surface area contributed by atoms with Crippen molar-refractivity contribution in [3.8, 4) is 23.0 Å². The molecule has 5 fully saturated rings. The van der Waals surface area contributed by atoms with Crippen LogP contribution in [0.4, 0.5) is 0 Å². The lowest BCUT2D eigenvalue weighted by Gasteiger charge is -2.60. The molecule has 1 spiro atoms. The van der Waals surface area contributed by atoms with E-state index >= 15 is 0 Å². The van der Waals surface area contributed by atoms with Crippen molar-refractivity contribution in [1.29, 1.82) is 0 Å². The first-order chi connectivity index (χ1) is 19.2. The van der Waals surface area contributed by atoms with Gasteiger partial charge in [0.25, 0.3) is 0 Å². The molecule has 2 aromatic carbocycles. The molecule has 0 amide bonds. The third kappa shape index (κ3) is 4.72. The molecule has 0 radical (unpaired) electrons. The SMILES string of the molecule is COc1ccccc1OC(=O)C(C)Oc1ccc(O[C@H]2O[C@@H]3O[C@]4(C)CCC5[C@H](C)CCC([C@H]2C)[C@]53OO4)cc1. The van der Waals surface area contributed by atoms with Crippen LogP contribution in [0.3, 0.4) is 0 Å². The molecule has 0 aromatic heterocycles. The predicted molar refractivity (Wildman–Crippen MR) is 143 cm³/mol. The quantitative estimate of drug-likeness (QED) is 0.244. The van der Waals surface area contributed by atoms with E-state index in [1.807, 2.05) is 6.92 Å². The summed E-state index contributed by atoms with van der Waals surface area (Å²) in [5, 5.41) is 0. The summed E-state index contributed by atoms with van der Waals surface area (Å²) in [4.78, 5) is 24.7. The average molecular weight is 555 g/mol. The number of hydrogen-bond acceptors (Lipinski definition) is 9. The van der Waals surface area contributed by atoms with Crippen LogP contribution in [0.25, 0.3) is 0 Å². The molecule has 40 heavy (non-hydrogen) atoms. The van der Waals surface area contributed by atoms with Crippen molar-refractivity contribution in [2.75, 3.05) is 7.11 Å². The second kappa shape index (κ2) is 10.5. The van der Waals surface area contributed by atoms with Crippen LogP contribution in [0.1, 0.15) is 53.4 Å². The number of ether oxygens (including phenoxy) is 6. The minimum absolute atomic E-state index is 0.0570. The summed E-state index contributed by atoms with van der Waals surface area (Å²) in [6, 6.07) is 14.1. The highest BCUT2D eigenvalue weighted by molar-refractivity contribution is 5.77. The van der Waals surface area contributed by atoms with E-state index in [4.69, 9.17) is 38.2 Å². The molecular weight excluding hydrogens is 516 g/mol. The summed E-state index contributed by atoms with van der Waals surface area (Å²) in [6.07, 6.45) is 1.97. The maximum Gasteiger partial charge on any atom is 0.352 e. The van der Waals surface area contributed by atoms with Gasteiger partial charge < -0.3 is 28.4 Å². The molecule has 4 heterocycles. The molecule has 9 nitrogen and oxygen atoms in total. The van der Waals surface area contributed by atoms with Crippen molar-refractivity contribution in [3.63, 3.8) is 0 Å². The number of rotatable bonds is 7. The monoisotopic (exact) mass is 554 g/mol. The van der Waals surface area contributed by atoms with E-state index in [-0.39, 0.29) is 11.8 Å². The molecule has 2 aromatic rings. The van der Waals surface area contributed by atoms with Crippen LogP contribution in [-0.2, 0) is 24.0 Å². The predicted octanol–water partition coefficient (Wildman–Crippen LogP) is 5.65. The molecule has 2 bridgehead atoms. The summed E-state index contributed by atoms with van der Waals surface area (Å²) in [5.74, 6) is 1.65. The fourth-order valence-electron chi connectivity index (χ4n) is 6.88. The summed E-state index contributed by atoms with van der Waals surface area (Å²) >= 11 is 0. The molecule has 9 atom stereocenters. The van der Waals surface area contributed by atoms with Crippen molar-refractivity contribution >= 4 is 5.97 Å². The lowest BCUT2D eigenvalue weighted by Crippen LogP contribution is -2.70. The smallest absolute Gasteiger partial charge is 0.352 e. The third-order valence-corrected chi connectivity index (χ3v) is 9.10. The topological polar surface area (TPSA) is 90.9 Å². The Morgan fingerprint density at radius 2 is 1.68 bits per heavy atom. The number of para-hydroxylation sites is 2. The van der Waals surface area contributed by atoms with E-state index in [0.717, 1.165) is 25.7 Å². The number of esters is 1. The summed E-state index contributed by atoms with van der Waals surface area (Å²) in [6.45, 7) is 8.01. The van der Waals surface area contributed by atoms with E-state index in [0.29, 0.717) is 34.8 Å². The molecule has 0 N–H and O–H groups in total. The van der Waals surface area contributed by atoms with E-state index in [2.05, 4.69) is 13.8 Å². The molecule has 4 saturated heterocycles. The fraction of sp³-hybridized carbons (Fsp3) is 0.581. The zero-order chi connectivity index (χ0) is 28.1. The van der Waals surface area contributed by atoms with Gasteiger partial charge in [0.2, 0.25) is 12.1 Å². The Morgan fingerprint density at radius 1 is 0.950 bits per heavy atom. The molecule has 3 unspecified atom stereocenters. The number of carbonyl (C=O) groups is 1. The van der Waals surface area contributed by atoms with Gasteiger partial charge in [-0.25, -0.2) is 14.6 Å². The van der Waals surface area contributed by atoms with Gasteiger partial charge in [0, 0.05) is 18.3 Å². The largest absolute Gasteiger partial charge is 0.493 e. The van der Waals surface area contributed by atoms with Gasteiger partial charge in [-0.3, -0.25) is 0 Å². The Kier molecular flexibility index (Phi) is 7.19. The Balaban J connectivity index is 1.12. The van der Waals surface area contributed by atoms with Crippen LogP contribution in [0.5, 0.6) is 23.0 Å². The molecule has 9 heteroatoms. The maximum atomic E-state index is 12.6. The number of fused-ring (bicyclic) bond motifs is 2. The van der Waals surface area contributed by atoms with Crippen molar-refractivity contribution in [2.45, 2.75) is 83.5 Å². The summed E-state index contributed by atoms with van der Waals surface area (Å²) in [5.41, 5.74) is -0.626. The number of hydrogen-bond donors (Lipinski definition) is 0. The zero-order valence-corrected chi connectivity index (χ0v) is 23.7. The molecule has 7 rings (SSSR count). The Morgan fingerprint density at radius 3 is 2.42 bits per heavy atom. The number of methoxy groups -OCH3 is 1. The van der Waals surface area contributed by atoms with Gasteiger partial charge in [0.05, 0.1) is 7.11 Å². The Hall–Kier alpha value is -2.85. The van der Waals surface area contributed by atoms with Crippen LogP contribution in [-0.4, -0.2) is 43.2 Å². The van der Waals surface area contributed by atoms with Gasteiger partial charge in [-0.05, 0) is 81.3 Å². The molecular formula is C31H38O9. The van der Waals surface area contributed by atoms with Gasteiger partial charge in [0.1, 0.15) is 11.5 Å². The second-order valence-electron chi connectivity index (χ2n) is 11.7. The molecule has 5 aliphatic rings. The minimum Gasteiger partial charge on any atom is -0.493 e. The second-order valence-corrected chi connectivity index (χ2v) is 11.7. The van der Waals surface area contributed by atoms with Gasteiger partial charge in [0.15, 0.2) is 29.5 Å². The van der Waals surface area contributed by atoms with E-state index in [9.17, 15) is 4.79 Å². The van der Waals surface area contributed by atoms with Crippen molar-refractivity contribution in [1.82, 2.24) is 0 Å². The summed E-state index contributed by atoms with van der Waals surface area (Å²) in [7, 11) is 1.52. The van der Waals surface area contributed by atoms with Crippen molar-refractivity contribution in [2.24, 2.45) is 23.7 Å². The molecule has 1 aliphatic carbocycles. The highest BCUT2D eigenvalue weighted by atomic mass is 17.3. The maximum absolute atomic E-state index is 12.6. The standard InChI is InChI=1S/C31H38O9/c1-18-10-15-24-19(2)28(37-29-31(24)23(18)16-17-30(4,38-29)39-40-31)35-22-13-11-21(12-14-22)34-20(3)27(32)36-26-9-7-6-8-25(26)33-5/h6-9,11-14,18-20,23-24,28-29H,10,15-17H2,1-5H3/t18-,19-,20?,23?,24?,28+,29-,30+,31-/m1/s1. The van der Waals surface area contributed by atoms with E-state index < -0.39 is 36.0 Å². The first-order valence-electron chi connectivity index (χ1n) is 14.2. The molecule has 4 aliphatic heterocycles. The molecule has 1 saturated carbocycles. The third-order valence-electron chi connectivity index (χ3n) is 9.10. The van der Waals surface area contributed by atoms with E-state index in [1.165, 1.54) is 7.11 Å². The van der Waals surface area contributed by atoms with Crippen LogP contribution >= 0.6 is 0 Å². The average Bonchev–Trinajstić information content (AvgIpc) is 3.18. The van der Waals surface area contributed by atoms with Gasteiger partial charge >= 0.3 is 5.97 Å². The Labute approximate surface area is 234 Å². The molecule has 216 valence electrons. The number of carbonyl (C=O) groups excluding carboxylic acids is 1. The minimum atomic E-state index is -0.831. The van der Waals surface area contributed by atoms with E-state index in [1.54, 1.807) is 55.5 Å². The first-order valence-corrected chi connectivity index (χ1v) is 14.2. The lowest BCUT2D eigenvalue weighted by atomic mass is 9.58. The lowest BCUT2D eigenvalue weighted by molar-refractivity contribution is -0.575. The van der Waals surface area contributed by atoms with Crippen LogP contribution in [0.2, 0.25) is 0 Å². The van der Waals surface area contributed by atoms with Crippen LogP contribution in [0, 0.1) is 23.7 Å².